The zero-order valence-electron chi connectivity index (χ0n) is 11.3. The fourth-order valence-corrected chi connectivity index (χ4v) is 1.83. The van der Waals surface area contributed by atoms with E-state index in [4.69, 9.17) is 4.74 Å². The molecule has 1 unspecified atom stereocenters. The topological polar surface area (TPSA) is 26.3 Å². The Bertz CT molecular complexity index is 166. The second kappa shape index (κ2) is 11.0. The molecule has 0 N–H and O–H groups in total. The van der Waals surface area contributed by atoms with E-state index in [1.807, 2.05) is 6.92 Å². The first-order valence-electron chi connectivity index (χ1n) is 6.94. The maximum absolute atomic E-state index is 11.4. The molecule has 0 aromatic carbocycles. The Balaban J connectivity index is 3.73. The van der Waals surface area contributed by atoms with Gasteiger partial charge in [0.05, 0.1) is 0 Å². The predicted molar refractivity (Wildman–Crippen MR) is 68.5 cm³/mol. The Kier molecular flexibility index (Phi) is 10.6. The van der Waals surface area contributed by atoms with E-state index in [1.54, 1.807) is 0 Å². The van der Waals surface area contributed by atoms with Crippen LogP contribution >= 0.6 is 0 Å². The van der Waals surface area contributed by atoms with Crippen LogP contribution in [-0.2, 0) is 9.53 Å². The molecule has 0 saturated carbocycles. The molecule has 0 aromatic heterocycles. The Labute approximate surface area is 101 Å². The highest BCUT2D eigenvalue weighted by molar-refractivity contribution is 5.69. The molecule has 0 radical (unpaired) electrons. The lowest BCUT2D eigenvalue weighted by molar-refractivity contribution is -0.149. The lowest BCUT2D eigenvalue weighted by Crippen LogP contribution is -2.17. The van der Waals surface area contributed by atoms with Crippen molar-refractivity contribution in [3.05, 3.63) is 0 Å². The quantitative estimate of drug-likeness (QED) is 0.407. The standard InChI is InChI=1S/C14H28O2/c1-4-7-8-9-12-13(10-5-2)16-14(15)11-6-3/h13H,4-12H2,1-3H3. The van der Waals surface area contributed by atoms with Gasteiger partial charge in [-0.1, -0.05) is 46.5 Å². The summed E-state index contributed by atoms with van der Waals surface area (Å²) < 4.78 is 5.47. The summed E-state index contributed by atoms with van der Waals surface area (Å²) >= 11 is 0. The fraction of sp³-hybridized carbons (Fsp3) is 0.929. The van der Waals surface area contributed by atoms with Crippen LogP contribution in [-0.4, -0.2) is 12.1 Å². The van der Waals surface area contributed by atoms with Gasteiger partial charge in [-0.2, -0.15) is 0 Å². The van der Waals surface area contributed by atoms with Crippen LogP contribution in [0.15, 0.2) is 0 Å². The molecule has 0 aromatic rings. The van der Waals surface area contributed by atoms with Crippen molar-refractivity contribution < 1.29 is 9.53 Å². The zero-order chi connectivity index (χ0) is 12.2. The number of unbranched alkanes of at least 4 members (excludes halogenated alkanes) is 3. The van der Waals surface area contributed by atoms with Gasteiger partial charge in [0.25, 0.3) is 0 Å². The van der Waals surface area contributed by atoms with Crippen LogP contribution in [0, 0.1) is 0 Å². The lowest BCUT2D eigenvalue weighted by atomic mass is 10.1. The molecule has 2 heteroatoms. The highest BCUT2D eigenvalue weighted by Gasteiger charge is 2.12. The third-order valence-corrected chi connectivity index (χ3v) is 2.74. The van der Waals surface area contributed by atoms with E-state index in [-0.39, 0.29) is 12.1 Å². The summed E-state index contributed by atoms with van der Waals surface area (Å²) in [7, 11) is 0. The molecule has 16 heavy (non-hydrogen) atoms. The maximum atomic E-state index is 11.4. The van der Waals surface area contributed by atoms with Gasteiger partial charge < -0.3 is 4.74 Å². The number of carbonyl (C=O) groups is 1. The van der Waals surface area contributed by atoms with Crippen molar-refractivity contribution in [2.45, 2.75) is 84.7 Å². The monoisotopic (exact) mass is 228 g/mol. The summed E-state index contributed by atoms with van der Waals surface area (Å²) in [4.78, 5) is 11.4. The molecule has 0 fully saturated rings. The molecule has 0 spiro atoms. The number of ether oxygens (including phenoxy) is 1. The highest BCUT2D eigenvalue weighted by Crippen LogP contribution is 2.14. The summed E-state index contributed by atoms with van der Waals surface area (Å²) in [5, 5.41) is 0. The number of hydrogen-bond donors (Lipinski definition) is 0. The first kappa shape index (κ1) is 15.5. The third kappa shape index (κ3) is 8.75. The number of esters is 1. The van der Waals surface area contributed by atoms with Crippen molar-refractivity contribution in [1.29, 1.82) is 0 Å². The van der Waals surface area contributed by atoms with Crippen LogP contribution in [0.1, 0.15) is 78.6 Å². The van der Waals surface area contributed by atoms with Gasteiger partial charge in [-0.25, -0.2) is 0 Å². The van der Waals surface area contributed by atoms with Crippen molar-refractivity contribution in [2.75, 3.05) is 0 Å². The molecule has 96 valence electrons. The predicted octanol–water partition coefficient (Wildman–Crippen LogP) is 4.47. The summed E-state index contributed by atoms with van der Waals surface area (Å²) in [6.07, 6.45) is 9.78. The number of carbonyl (C=O) groups excluding carboxylic acids is 1. The van der Waals surface area contributed by atoms with Crippen molar-refractivity contribution >= 4 is 5.97 Å². The molecule has 0 aliphatic heterocycles. The van der Waals surface area contributed by atoms with Crippen LogP contribution in [0.5, 0.6) is 0 Å². The van der Waals surface area contributed by atoms with Gasteiger partial charge in [0.1, 0.15) is 6.10 Å². The first-order valence-corrected chi connectivity index (χ1v) is 6.94. The summed E-state index contributed by atoms with van der Waals surface area (Å²) in [5.41, 5.74) is 0. The van der Waals surface area contributed by atoms with E-state index < -0.39 is 0 Å². The Morgan fingerprint density at radius 1 is 0.938 bits per heavy atom. The third-order valence-electron chi connectivity index (χ3n) is 2.74. The lowest BCUT2D eigenvalue weighted by Gasteiger charge is -2.17. The second-order valence-electron chi connectivity index (χ2n) is 4.50. The minimum atomic E-state index is -0.0172. The van der Waals surface area contributed by atoms with Gasteiger partial charge >= 0.3 is 5.97 Å². The van der Waals surface area contributed by atoms with Crippen LogP contribution < -0.4 is 0 Å². The van der Waals surface area contributed by atoms with E-state index in [9.17, 15) is 4.79 Å². The smallest absolute Gasteiger partial charge is 0.306 e. The maximum Gasteiger partial charge on any atom is 0.306 e. The van der Waals surface area contributed by atoms with Crippen molar-refractivity contribution in [3.63, 3.8) is 0 Å². The highest BCUT2D eigenvalue weighted by atomic mass is 16.5. The summed E-state index contributed by atoms with van der Waals surface area (Å²) in [5.74, 6) is -0.0172. The minimum Gasteiger partial charge on any atom is -0.462 e. The summed E-state index contributed by atoms with van der Waals surface area (Å²) in [6, 6.07) is 0. The Hall–Kier alpha value is -0.530. The molecule has 2 nitrogen and oxygen atoms in total. The molecule has 0 bridgehead atoms. The van der Waals surface area contributed by atoms with Gasteiger partial charge in [-0.05, 0) is 25.7 Å². The fourth-order valence-electron chi connectivity index (χ4n) is 1.83. The van der Waals surface area contributed by atoms with Crippen molar-refractivity contribution in [2.24, 2.45) is 0 Å². The van der Waals surface area contributed by atoms with Gasteiger partial charge in [0.15, 0.2) is 0 Å². The first-order chi connectivity index (χ1) is 7.74. The molecule has 0 saturated heterocycles. The molecule has 0 aliphatic rings. The molecular weight excluding hydrogens is 200 g/mol. The van der Waals surface area contributed by atoms with Crippen LogP contribution in [0.25, 0.3) is 0 Å². The summed E-state index contributed by atoms with van der Waals surface area (Å²) in [6.45, 7) is 6.37. The molecule has 0 rings (SSSR count). The van der Waals surface area contributed by atoms with Crippen LogP contribution in [0.2, 0.25) is 0 Å². The molecule has 1 atom stereocenters. The van der Waals surface area contributed by atoms with Gasteiger partial charge in [-0.3, -0.25) is 4.79 Å². The average Bonchev–Trinajstić information content (AvgIpc) is 2.25. The van der Waals surface area contributed by atoms with E-state index in [1.165, 1.54) is 25.7 Å². The van der Waals surface area contributed by atoms with Crippen molar-refractivity contribution in [1.82, 2.24) is 0 Å². The number of hydrogen-bond acceptors (Lipinski definition) is 2. The SMILES string of the molecule is CCCCCCC(CCC)OC(=O)CCC. The molecule has 0 aliphatic carbocycles. The Morgan fingerprint density at radius 3 is 2.25 bits per heavy atom. The van der Waals surface area contributed by atoms with E-state index in [0.717, 1.165) is 25.7 Å². The largest absolute Gasteiger partial charge is 0.462 e. The van der Waals surface area contributed by atoms with Crippen LogP contribution in [0.4, 0.5) is 0 Å². The normalized spacial score (nSPS) is 12.4. The molecular formula is C14H28O2. The molecule has 0 amide bonds. The van der Waals surface area contributed by atoms with E-state index in [0.29, 0.717) is 6.42 Å². The van der Waals surface area contributed by atoms with E-state index >= 15 is 0 Å². The van der Waals surface area contributed by atoms with Gasteiger partial charge in [-0.15, -0.1) is 0 Å². The Morgan fingerprint density at radius 2 is 1.69 bits per heavy atom. The van der Waals surface area contributed by atoms with E-state index in [2.05, 4.69) is 13.8 Å². The van der Waals surface area contributed by atoms with Crippen molar-refractivity contribution in [3.8, 4) is 0 Å². The van der Waals surface area contributed by atoms with Gasteiger partial charge in [0.2, 0.25) is 0 Å². The second-order valence-corrected chi connectivity index (χ2v) is 4.50. The van der Waals surface area contributed by atoms with Crippen LogP contribution in [0.3, 0.4) is 0 Å². The zero-order valence-corrected chi connectivity index (χ0v) is 11.3. The minimum absolute atomic E-state index is 0.0172. The molecule has 0 heterocycles. The van der Waals surface area contributed by atoms with Gasteiger partial charge in [0, 0.05) is 6.42 Å². The average molecular weight is 228 g/mol. The number of rotatable bonds is 10.